The van der Waals surface area contributed by atoms with Gasteiger partial charge in [0.25, 0.3) is 0 Å². The molecule has 22 heavy (non-hydrogen) atoms. The molecule has 2 N–H and O–H groups in total. The molecule has 5 heteroatoms. The van der Waals surface area contributed by atoms with Gasteiger partial charge in [-0.2, -0.15) is 11.3 Å². The Bertz CT molecular complexity index is 508. The molecule has 0 radical (unpaired) electrons. The number of nitrogen functional groups attached to an aromatic ring is 1. The third-order valence-electron chi connectivity index (χ3n) is 3.14. The fourth-order valence-corrected chi connectivity index (χ4v) is 2.25. The number of nitrogens with zero attached hydrogens (tertiary/aromatic N) is 1. The zero-order valence-corrected chi connectivity index (χ0v) is 14.0. The highest BCUT2D eigenvalue weighted by atomic mass is 32.1. The molecule has 1 aromatic carbocycles. The molecule has 1 heterocycles. The number of nitrogens with two attached hydrogens (primary N) is 1. The zero-order valence-electron chi connectivity index (χ0n) is 13.2. The first-order chi connectivity index (χ1) is 10.7. The molecule has 0 aliphatic heterocycles. The predicted octanol–water partition coefficient (Wildman–Crippen LogP) is 3.52. The third-order valence-corrected chi connectivity index (χ3v) is 3.77. The van der Waals surface area contributed by atoms with Crippen LogP contribution in [-0.4, -0.2) is 37.1 Å². The lowest BCUT2D eigenvalue weighted by Crippen LogP contribution is -2.28. The van der Waals surface area contributed by atoms with Crippen LogP contribution < -0.4 is 5.73 Å². The summed E-state index contributed by atoms with van der Waals surface area (Å²) in [5.41, 5.74) is 6.59. The fourth-order valence-electron chi connectivity index (χ4n) is 1.79. The highest BCUT2D eigenvalue weighted by molar-refractivity contribution is 7.07. The van der Waals surface area contributed by atoms with E-state index in [9.17, 15) is 4.79 Å². The van der Waals surface area contributed by atoms with Gasteiger partial charge in [0.15, 0.2) is 0 Å². The van der Waals surface area contributed by atoms with Crippen LogP contribution in [-0.2, 0) is 4.74 Å². The van der Waals surface area contributed by atoms with Crippen LogP contribution in [0.15, 0.2) is 47.2 Å². The lowest BCUT2D eigenvalue weighted by atomic mass is 10.2. The van der Waals surface area contributed by atoms with Gasteiger partial charge in [-0.3, -0.25) is 0 Å². The summed E-state index contributed by atoms with van der Waals surface area (Å²) in [5, 5.41) is 4.08. The quantitative estimate of drug-likeness (QED) is 0.653. The summed E-state index contributed by atoms with van der Waals surface area (Å²) < 4.78 is 5.18. The maximum absolute atomic E-state index is 11.7. The lowest BCUT2D eigenvalue weighted by Gasteiger charge is -2.17. The highest BCUT2D eigenvalue weighted by Gasteiger charge is 2.10. The molecule has 0 aliphatic rings. The number of ether oxygens (including phenoxy) is 1. The van der Waals surface area contributed by atoms with E-state index in [2.05, 4.69) is 18.7 Å². The molecule has 0 saturated carbocycles. The fraction of sp³-hybridized carbons (Fsp3) is 0.353. The molecule has 2 aromatic rings. The molecule has 0 amide bonds. The van der Waals surface area contributed by atoms with Crippen LogP contribution >= 0.6 is 11.3 Å². The first kappa shape index (κ1) is 18.2. The number of esters is 1. The third kappa shape index (κ3) is 6.74. The van der Waals surface area contributed by atoms with Crippen molar-refractivity contribution in [1.29, 1.82) is 0 Å². The van der Waals surface area contributed by atoms with Crippen molar-refractivity contribution in [2.45, 2.75) is 13.8 Å². The Hall–Kier alpha value is -1.85. The van der Waals surface area contributed by atoms with Crippen molar-refractivity contribution in [3.63, 3.8) is 0 Å². The molecule has 0 aliphatic carbocycles. The van der Waals surface area contributed by atoms with E-state index in [1.165, 1.54) is 0 Å². The maximum Gasteiger partial charge on any atom is 0.340 e. The molecule has 0 fully saturated rings. The van der Waals surface area contributed by atoms with Crippen LogP contribution in [0.3, 0.4) is 0 Å². The molecule has 0 atom stereocenters. The lowest BCUT2D eigenvalue weighted by molar-refractivity contribution is 0.0467. The standard InChI is InChI=1S/C13H20N2O2.C4H4S/c1-3-15(4-2)9-10-17-13(16)11-7-5-6-8-12(11)14;1-2-4-5-3-1/h5-8H,3-4,9-10,14H2,1-2H3;1-4H. The number of hydrogen-bond donors (Lipinski definition) is 1. The second kappa shape index (κ2) is 10.8. The van der Waals surface area contributed by atoms with Gasteiger partial charge >= 0.3 is 5.97 Å². The van der Waals surface area contributed by atoms with Crippen LogP contribution in [0.4, 0.5) is 5.69 Å². The van der Waals surface area contributed by atoms with Gasteiger partial charge in [-0.25, -0.2) is 4.79 Å². The molecule has 0 saturated heterocycles. The first-order valence-corrected chi connectivity index (χ1v) is 8.34. The number of carbonyl (C=O) groups is 1. The smallest absolute Gasteiger partial charge is 0.340 e. The van der Waals surface area contributed by atoms with Gasteiger partial charge in [0.2, 0.25) is 0 Å². The molecule has 0 bridgehead atoms. The van der Waals surface area contributed by atoms with Crippen molar-refractivity contribution < 1.29 is 9.53 Å². The van der Waals surface area contributed by atoms with E-state index < -0.39 is 0 Å². The summed E-state index contributed by atoms with van der Waals surface area (Å²) >= 11 is 1.71. The van der Waals surface area contributed by atoms with Crippen molar-refractivity contribution in [1.82, 2.24) is 4.90 Å². The number of thiophene rings is 1. The van der Waals surface area contributed by atoms with Crippen molar-refractivity contribution in [2.24, 2.45) is 0 Å². The topological polar surface area (TPSA) is 55.6 Å². The number of rotatable bonds is 6. The maximum atomic E-state index is 11.7. The number of carbonyl (C=O) groups excluding carboxylic acids is 1. The minimum absolute atomic E-state index is 0.352. The second-order valence-electron chi connectivity index (χ2n) is 4.54. The Kier molecular flexibility index (Phi) is 8.95. The summed E-state index contributed by atoms with van der Waals surface area (Å²) in [7, 11) is 0. The Labute approximate surface area is 136 Å². The molecular weight excluding hydrogens is 296 g/mol. The van der Waals surface area contributed by atoms with Crippen LogP contribution in [0.5, 0.6) is 0 Å². The van der Waals surface area contributed by atoms with Crippen LogP contribution in [0.1, 0.15) is 24.2 Å². The Morgan fingerprint density at radius 1 is 1.14 bits per heavy atom. The SMILES string of the molecule is CCN(CC)CCOC(=O)c1ccccc1N.c1ccsc1. The van der Waals surface area contributed by atoms with Crippen molar-refractivity contribution in [3.8, 4) is 0 Å². The van der Waals surface area contributed by atoms with E-state index >= 15 is 0 Å². The Morgan fingerprint density at radius 3 is 2.27 bits per heavy atom. The van der Waals surface area contributed by atoms with Crippen molar-refractivity contribution in [3.05, 3.63) is 52.7 Å². The van der Waals surface area contributed by atoms with Gasteiger partial charge in [0.1, 0.15) is 6.61 Å². The Balaban J connectivity index is 0.000000406. The molecule has 4 nitrogen and oxygen atoms in total. The average Bonchev–Trinajstić information content (AvgIpc) is 3.11. The number of hydrogen-bond acceptors (Lipinski definition) is 5. The Morgan fingerprint density at radius 2 is 1.77 bits per heavy atom. The van der Waals surface area contributed by atoms with Crippen LogP contribution in [0.25, 0.3) is 0 Å². The van der Waals surface area contributed by atoms with Gasteiger partial charge in [-0.1, -0.05) is 38.1 Å². The highest BCUT2D eigenvalue weighted by Crippen LogP contribution is 2.11. The zero-order chi connectivity index (χ0) is 16.2. The molecular formula is C17H24N2O2S. The molecule has 120 valence electrons. The summed E-state index contributed by atoms with van der Waals surface area (Å²) in [6.07, 6.45) is 0. The van der Waals surface area contributed by atoms with E-state index in [0.29, 0.717) is 17.9 Å². The number of para-hydroxylation sites is 1. The van der Waals surface area contributed by atoms with E-state index in [0.717, 1.165) is 19.6 Å². The van der Waals surface area contributed by atoms with E-state index in [1.54, 1.807) is 35.6 Å². The van der Waals surface area contributed by atoms with Crippen molar-refractivity contribution in [2.75, 3.05) is 32.0 Å². The summed E-state index contributed by atoms with van der Waals surface area (Å²) in [5.74, 6) is -0.352. The summed E-state index contributed by atoms with van der Waals surface area (Å²) in [4.78, 5) is 13.9. The van der Waals surface area contributed by atoms with Crippen LogP contribution in [0.2, 0.25) is 0 Å². The predicted molar refractivity (Wildman–Crippen MR) is 93.2 cm³/mol. The van der Waals surface area contributed by atoms with Gasteiger partial charge in [-0.15, -0.1) is 0 Å². The van der Waals surface area contributed by atoms with Gasteiger partial charge in [0.05, 0.1) is 5.56 Å². The number of benzene rings is 1. The molecule has 2 rings (SSSR count). The average molecular weight is 320 g/mol. The molecule has 1 aromatic heterocycles. The minimum Gasteiger partial charge on any atom is -0.461 e. The second-order valence-corrected chi connectivity index (χ2v) is 5.36. The van der Waals surface area contributed by atoms with Crippen molar-refractivity contribution >= 4 is 23.0 Å². The van der Waals surface area contributed by atoms with Crippen LogP contribution in [0, 0.1) is 0 Å². The minimum atomic E-state index is -0.352. The summed E-state index contributed by atoms with van der Waals surface area (Å²) in [6.45, 7) is 7.24. The number of anilines is 1. The monoisotopic (exact) mass is 320 g/mol. The normalized spacial score (nSPS) is 9.95. The first-order valence-electron chi connectivity index (χ1n) is 7.40. The molecule has 0 spiro atoms. The summed E-state index contributed by atoms with van der Waals surface area (Å²) in [6, 6.07) is 11.0. The molecule has 0 unspecified atom stereocenters. The van der Waals surface area contributed by atoms with Gasteiger partial charge in [-0.05, 0) is 36.0 Å². The number of likely N-dealkylation sites (N-methyl/N-ethyl adjacent to an activating group) is 1. The van der Waals surface area contributed by atoms with E-state index in [-0.39, 0.29) is 5.97 Å². The van der Waals surface area contributed by atoms with Gasteiger partial charge < -0.3 is 15.4 Å². The largest absolute Gasteiger partial charge is 0.461 e. The van der Waals surface area contributed by atoms with E-state index in [4.69, 9.17) is 10.5 Å². The van der Waals surface area contributed by atoms with E-state index in [1.807, 2.05) is 22.9 Å². The van der Waals surface area contributed by atoms with Gasteiger partial charge in [0, 0.05) is 12.2 Å².